The van der Waals surface area contributed by atoms with Crippen LogP contribution < -0.4 is 5.32 Å². The van der Waals surface area contributed by atoms with Gasteiger partial charge in [-0.25, -0.2) is 4.39 Å². The van der Waals surface area contributed by atoms with Gasteiger partial charge in [-0.15, -0.1) is 0 Å². The number of nitrogens with one attached hydrogen (secondary N) is 1. The number of halogens is 1. The zero-order valence-corrected chi connectivity index (χ0v) is 11.1. The molecule has 0 aliphatic rings. The van der Waals surface area contributed by atoms with Gasteiger partial charge in [0.05, 0.1) is 12.7 Å². The lowest BCUT2D eigenvalue weighted by molar-refractivity contribution is 0.0422. The van der Waals surface area contributed by atoms with Gasteiger partial charge >= 0.3 is 0 Å². The van der Waals surface area contributed by atoms with Gasteiger partial charge in [-0.2, -0.15) is 0 Å². The molecule has 0 heterocycles. The summed E-state index contributed by atoms with van der Waals surface area (Å²) in [6.45, 7) is 5.14. The Hall–Kier alpha value is -1.13. The SMILES string of the molecule is CCCCOCC(O)CNc1ccc(C)c(F)c1. The topological polar surface area (TPSA) is 41.5 Å². The van der Waals surface area contributed by atoms with Gasteiger partial charge < -0.3 is 15.2 Å². The Bertz CT molecular complexity index is 358. The first-order valence-corrected chi connectivity index (χ1v) is 6.39. The highest BCUT2D eigenvalue weighted by Crippen LogP contribution is 2.13. The van der Waals surface area contributed by atoms with E-state index in [1.54, 1.807) is 19.1 Å². The van der Waals surface area contributed by atoms with Crippen molar-refractivity contribution in [2.24, 2.45) is 0 Å². The third kappa shape index (κ3) is 5.47. The van der Waals surface area contributed by atoms with Crippen molar-refractivity contribution in [3.8, 4) is 0 Å². The molecule has 4 heteroatoms. The van der Waals surface area contributed by atoms with Crippen molar-refractivity contribution in [2.45, 2.75) is 32.8 Å². The third-order valence-corrected chi connectivity index (χ3v) is 2.67. The Kier molecular flexibility index (Phi) is 6.68. The standard InChI is InChI=1S/C14H22FNO2/c1-3-4-7-18-10-13(17)9-16-12-6-5-11(2)14(15)8-12/h5-6,8,13,16-17H,3-4,7,9-10H2,1-2H3. The summed E-state index contributed by atoms with van der Waals surface area (Å²) in [5.74, 6) is -0.242. The van der Waals surface area contributed by atoms with Crippen LogP contribution in [0.15, 0.2) is 18.2 Å². The van der Waals surface area contributed by atoms with Crippen molar-refractivity contribution < 1.29 is 14.2 Å². The quantitative estimate of drug-likeness (QED) is 0.702. The summed E-state index contributed by atoms with van der Waals surface area (Å²) >= 11 is 0. The Labute approximate surface area is 108 Å². The number of aliphatic hydroxyl groups is 1. The number of aryl methyl sites for hydroxylation is 1. The number of unbranched alkanes of at least 4 members (excludes halogenated alkanes) is 1. The number of hydrogen-bond donors (Lipinski definition) is 2. The fraction of sp³-hybridized carbons (Fsp3) is 0.571. The van der Waals surface area contributed by atoms with Crippen LogP contribution in [0, 0.1) is 12.7 Å². The fourth-order valence-corrected chi connectivity index (χ4v) is 1.46. The van der Waals surface area contributed by atoms with Gasteiger partial charge in [-0.1, -0.05) is 19.4 Å². The van der Waals surface area contributed by atoms with E-state index < -0.39 is 6.10 Å². The molecule has 0 amide bonds. The largest absolute Gasteiger partial charge is 0.389 e. The van der Waals surface area contributed by atoms with Crippen molar-refractivity contribution in [2.75, 3.05) is 25.1 Å². The lowest BCUT2D eigenvalue weighted by Gasteiger charge is -2.13. The second kappa shape index (κ2) is 8.06. The molecule has 1 atom stereocenters. The maximum atomic E-state index is 13.3. The highest BCUT2D eigenvalue weighted by molar-refractivity contribution is 5.45. The number of aliphatic hydroxyl groups excluding tert-OH is 1. The van der Waals surface area contributed by atoms with Gasteiger partial charge in [0.2, 0.25) is 0 Å². The predicted molar refractivity (Wildman–Crippen MR) is 71.4 cm³/mol. The molecule has 0 bridgehead atoms. The highest BCUT2D eigenvalue weighted by Gasteiger charge is 2.05. The van der Waals surface area contributed by atoms with Crippen LogP contribution in [0.2, 0.25) is 0 Å². The van der Waals surface area contributed by atoms with Crippen molar-refractivity contribution >= 4 is 5.69 Å². The Morgan fingerprint density at radius 1 is 1.44 bits per heavy atom. The lowest BCUT2D eigenvalue weighted by atomic mass is 10.2. The molecule has 18 heavy (non-hydrogen) atoms. The summed E-state index contributed by atoms with van der Waals surface area (Å²) in [5, 5.41) is 12.6. The number of anilines is 1. The first kappa shape index (κ1) is 14.9. The van der Waals surface area contributed by atoms with E-state index >= 15 is 0 Å². The molecule has 0 saturated heterocycles. The molecule has 0 aromatic heterocycles. The van der Waals surface area contributed by atoms with Crippen LogP contribution in [0.5, 0.6) is 0 Å². The van der Waals surface area contributed by atoms with E-state index in [0.29, 0.717) is 31.0 Å². The van der Waals surface area contributed by atoms with Crippen LogP contribution >= 0.6 is 0 Å². The van der Waals surface area contributed by atoms with E-state index in [-0.39, 0.29) is 5.82 Å². The van der Waals surface area contributed by atoms with Crippen LogP contribution in [0.25, 0.3) is 0 Å². The summed E-state index contributed by atoms with van der Waals surface area (Å²) in [4.78, 5) is 0. The van der Waals surface area contributed by atoms with Crippen LogP contribution in [0.3, 0.4) is 0 Å². The number of ether oxygens (including phenoxy) is 1. The maximum absolute atomic E-state index is 13.3. The van der Waals surface area contributed by atoms with Gasteiger partial charge in [0.15, 0.2) is 0 Å². The molecular formula is C14H22FNO2. The second-order valence-electron chi connectivity index (χ2n) is 4.43. The van der Waals surface area contributed by atoms with Gasteiger partial charge in [-0.3, -0.25) is 0 Å². The summed E-state index contributed by atoms with van der Waals surface area (Å²) < 4.78 is 18.6. The molecule has 102 valence electrons. The molecule has 1 rings (SSSR count). The first-order valence-electron chi connectivity index (χ1n) is 6.39. The molecule has 3 nitrogen and oxygen atoms in total. The molecule has 1 aromatic carbocycles. The Morgan fingerprint density at radius 3 is 2.89 bits per heavy atom. The third-order valence-electron chi connectivity index (χ3n) is 2.67. The van der Waals surface area contributed by atoms with Crippen molar-refractivity contribution in [3.05, 3.63) is 29.6 Å². The molecule has 0 radical (unpaired) electrons. The molecule has 0 fully saturated rings. The van der Waals surface area contributed by atoms with E-state index in [4.69, 9.17) is 4.74 Å². The van der Waals surface area contributed by atoms with Crippen LogP contribution in [0.1, 0.15) is 25.3 Å². The number of hydrogen-bond acceptors (Lipinski definition) is 3. The van der Waals surface area contributed by atoms with Gasteiger partial charge in [0.25, 0.3) is 0 Å². The van der Waals surface area contributed by atoms with E-state index in [9.17, 15) is 9.50 Å². The van der Waals surface area contributed by atoms with Crippen LogP contribution in [-0.4, -0.2) is 31.0 Å². The van der Waals surface area contributed by atoms with Gasteiger partial charge in [-0.05, 0) is 31.0 Å². The molecule has 1 unspecified atom stereocenters. The molecule has 2 N–H and O–H groups in total. The monoisotopic (exact) mass is 255 g/mol. The minimum atomic E-state index is -0.578. The fourth-order valence-electron chi connectivity index (χ4n) is 1.46. The van der Waals surface area contributed by atoms with Gasteiger partial charge in [0.1, 0.15) is 5.82 Å². The minimum absolute atomic E-state index is 0.242. The van der Waals surface area contributed by atoms with E-state index in [1.165, 1.54) is 6.07 Å². The molecule has 0 aliphatic carbocycles. The molecule has 0 aliphatic heterocycles. The van der Waals surface area contributed by atoms with Crippen molar-refractivity contribution in [1.82, 2.24) is 0 Å². The summed E-state index contributed by atoms with van der Waals surface area (Å²) in [6.07, 6.45) is 1.51. The average Bonchev–Trinajstić information content (AvgIpc) is 2.36. The Balaban J connectivity index is 2.24. The number of rotatable bonds is 8. The van der Waals surface area contributed by atoms with Crippen molar-refractivity contribution in [3.63, 3.8) is 0 Å². The van der Waals surface area contributed by atoms with E-state index in [2.05, 4.69) is 12.2 Å². The molecule has 0 saturated carbocycles. The second-order valence-corrected chi connectivity index (χ2v) is 4.43. The zero-order chi connectivity index (χ0) is 13.4. The lowest BCUT2D eigenvalue weighted by Crippen LogP contribution is -2.25. The van der Waals surface area contributed by atoms with Crippen molar-refractivity contribution in [1.29, 1.82) is 0 Å². The number of benzene rings is 1. The molecule has 0 spiro atoms. The average molecular weight is 255 g/mol. The maximum Gasteiger partial charge on any atom is 0.128 e. The summed E-state index contributed by atoms with van der Waals surface area (Å²) in [5.41, 5.74) is 1.29. The van der Waals surface area contributed by atoms with Crippen LogP contribution in [0.4, 0.5) is 10.1 Å². The van der Waals surface area contributed by atoms with Gasteiger partial charge in [0, 0.05) is 18.8 Å². The predicted octanol–water partition coefficient (Wildman–Crippen LogP) is 2.72. The summed E-state index contributed by atoms with van der Waals surface area (Å²) in [7, 11) is 0. The molecular weight excluding hydrogens is 233 g/mol. The zero-order valence-electron chi connectivity index (χ0n) is 11.1. The van der Waals surface area contributed by atoms with Crippen LogP contribution in [-0.2, 0) is 4.74 Å². The summed E-state index contributed by atoms with van der Waals surface area (Å²) in [6, 6.07) is 4.94. The van der Waals surface area contributed by atoms with E-state index in [0.717, 1.165) is 12.8 Å². The highest BCUT2D eigenvalue weighted by atomic mass is 19.1. The minimum Gasteiger partial charge on any atom is -0.389 e. The smallest absolute Gasteiger partial charge is 0.128 e. The Morgan fingerprint density at radius 2 is 2.22 bits per heavy atom. The molecule has 1 aromatic rings. The normalized spacial score (nSPS) is 12.4. The van der Waals surface area contributed by atoms with E-state index in [1.807, 2.05) is 0 Å². The first-order chi connectivity index (χ1) is 8.63.